The fourth-order valence-electron chi connectivity index (χ4n) is 2.89. The van der Waals surface area contributed by atoms with Crippen LogP contribution < -0.4 is 10.6 Å². The summed E-state index contributed by atoms with van der Waals surface area (Å²) in [5, 5.41) is 6.38. The molecule has 8 heteroatoms. The van der Waals surface area contributed by atoms with Gasteiger partial charge in [0.25, 0.3) is 5.91 Å². The number of carbonyl (C=O) groups is 3. The standard InChI is InChI=1S/C22H21ClN2O5/c1-12-5-4-6-13(2)20(12)25-19(26)11-24-21(27)14(3)29-22(28)18-10-15-9-16(23)7-8-17(15)30-18/h4-10,14H,11H2,1-3H3,(H,24,27)(H,25,26). The summed E-state index contributed by atoms with van der Waals surface area (Å²) < 4.78 is 10.6. The van der Waals surface area contributed by atoms with Crippen molar-refractivity contribution in [1.29, 1.82) is 0 Å². The van der Waals surface area contributed by atoms with Gasteiger partial charge in [0.15, 0.2) is 6.10 Å². The fraction of sp³-hybridized carbons (Fsp3) is 0.227. The normalized spacial score (nSPS) is 11.7. The van der Waals surface area contributed by atoms with Crippen LogP contribution in [0.3, 0.4) is 0 Å². The second kappa shape index (κ2) is 9.00. The van der Waals surface area contributed by atoms with Gasteiger partial charge in [0, 0.05) is 16.1 Å². The van der Waals surface area contributed by atoms with Crippen molar-refractivity contribution in [1.82, 2.24) is 5.32 Å². The maximum absolute atomic E-state index is 12.3. The van der Waals surface area contributed by atoms with Gasteiger partial charge in [-0.1, -0.05) is 29.8 Å². The molecule has 1 unspecified atom stereocenters. The van der Waals surface area contributed by atoms with Gasteiger partial charge in [-0.15, -0.1) is 0 Å². The molecule has 0 bridgehead atoms. The van der Waals surface area contributed by atoms with Gasteiger partial charge in [-0.3, -0.25) is 9.59 Å². The Morgan fingerprint density at radius 3 is 2.50 bits per heavy atom. The van der Waals surface area contributed by atoms with Gasteiger partial charge in [-0.2, -0.15) is 0 Å². The van der Waals surface area contributed by atoms with E-state index in [9.17, 15) is 14.4 Å². The number of ether oxygens (including phenoxy) is 1. The van der Waals surface area contributed by atoms with Crippen molar-refractivity contribution in [2.24, 2.45) is 0 Å². The van der Waals surface area contributed by atoms with E-state index in [1.165, 1.54) is 13.0 Å². The zero-order valence-corrected chi connectivity index (χ0v) is 17.5. The van der Waals surface area contributed by atoms with Gasteiger partial charge in [0.05, 0.1) is 6.54 Å². The monoisotopic (exact) mass is 428 g/mol. The predicted octanol–water partition coefficient (Wildman–Crippen LogP) is 4.00. The van der Waals surface area contributed by atoms with E-state index in [1.807, 2.05) is 32.0 Å². The molecule has 2 aromatic carbocycles. The summed E-state index contributed by atoms with van der Waals surface area (Å²) in [6.45, 7) is 4.93. The summed E-state index contributed by atoms with van der Waals surface area (Å²) in [6, 6.07) is 12.1. The van der Waals surface area contributed by atoms with E-state index in [1.54, 1.807) is 18.2 Å². The molecular weight excluding hydrogens is 408 g/mol. The minimum absolute atomic E-state index is 0.0420. The minimum atomic E-state index is -1.11. The Kier molecular flexibility index (Phi) is 6.42. The maximum Gasteiger partial charge on any atom is 0.375 e. The van der Waals surface area contributed by atoms with E-state index in [0.717, 1.165) is 11.1 Å². The number of carbonyl (C=O) groups excluding carboxylic acids is 3. The summed E-state index contributed by atoms with van der Waals surface area (Å²) in [7, 11) is 0. The smallest absolute Gasteiger partial charge is 0.375 e. The van der Waals surface area contributed by atoms with E-state index in [2.05, 4.69) is 10.6 Å². The molecule has 30 heavy (non-hydrogen) atoms. The average Bonchev–Trinajstić information content (AvgIpc) is 3.12. The van der Waals surface area contributed by atoms with Crippen LogP contribution in [0, 0.1) is 13.8 Å². The molecule has 0 fully saturated rings. The van der Waals surface area contributed by atoms with Crippen LogP contribution in [0.4, 0.5) is 5.69 Å². The number of furan rings is 1. The molecule has 1 heterocycles. The predicted molar refractivity (Wildman–Crippen MR) is 114 cm³/mol. The number of aryl methyl sites for hydroxylation is 2. The first-order valence-electron chi connectivity index (χ1n) is 9.28. The van der Waals surface area contributed by atoms with Gasteiger partial charge in [-0.25, -0.2) is 4.79 Å². The molecule has 3 rings (SSSR count). The number of nitrogens with one attached hydrogen (secondary N) is 2. The third-order valence-electron chi connectivity index (χ3n) is 4.50. The first-order chi connectivity index (χ1) is 14.2. The van der Waals surface area contributed by atoms with E-state index < -0.39 is 18.0 Å². The summed E-state index contributed by atoms with van der Waals surface area (Å²) >= 11 is 5.92. The molecule has 1 atom stereocenters. The van der Waals surface area contributed by atoms with Crippen LogP contribution in [0.15, 0.2) is 46.9 Å². The lowest BCUT2D eigenvalue weighted by atomic mass is 10.1. The number of fused-ring (bicyclic) bond motifs is 1. The zero-order chi connectivity index (χ0) is 21.8. The lowest BCUT2D eigenvalue weighted by Gasteiger charge is -2.14. The number of hydrogen-bond acceptors (Lipinski definition) is 5. The Balaban J connectivity index is 1.53. The van der Waals surface area contributed by atoms with Gasteiger partial charge < -0.3 is 19.8 Å². The third-order valence-corrected chi connectivity index (χ3v) is 4.74. The van der Waals surface area contributed by atoms with Crippen molar-refractivity contribution in [2.75, 3.05) is 11.9 Å². The first-order valence-corrected chi connectivity index (χ1v) is 9.66. The molecule has 0 aliphatic rings. The molecular formula is C22H21ClN2O5. The summed E-state index contributed by atoms with van der Waals surface area (Å²) in [6.07, 6.45) is -1.11. The SMILES string of the molecule is Cc1cccc(C)c1NC(=O)CNC(=O)C(C)OC(=O)c1cc2cc(Cl)ccc2o1. The number of esters is 1. The molecule has 0 spiro atoms. The van der Waals surface area contributed by atoms with Crippen LogP contribution in [-0.2, 0) is 14.3 Å². The lowest BCUT2D eigenvalue weighted by molar-refractivity contribution is -0.130. The number of anilines is 1. The highest BCUT2D eigenvalue weighted by atomic mass is 35.5. The zero-order valence-electron chi connectivity index (χ0n) is 16.7. The van der Waals surface area contributed by atoms with Crippen LogP contribution in [-0.4, -0.2) is 30.4 Å². The highest BCUT2D eigenvalue weighted by Crippen LogP contribution is 2.23. The number of halogens is 1. The third kappa shape index (κ3) is 4.99. The summed E-state index contributed by atoms with van der Waals surface area (Å²) in [5.41, 5.74) is 3.03. The molecule has 0 aliphatic carbocycles. The largest absolute Gasteiger partial charge is 0.449 e. The topological polar surface area (TPSA) is 97.6 Å². The molecule has 156 valence electrons. The second-order valence-electron chi connectivity index (χ2n) is 6.87. The Hall–Kier alpha value is -3.32. The lowest BCUT2D eigenvalue weighted by Crippen LogP contribution is -2.40. The van der Waals surface area contributed by atoms with Crippen molar-refractivity contribution in [3.05, 3.63) is 64.4 Å². The van der Waals surface area contributed by atoms with Crippen molar-refractivity contribution < 1.29 is 23.5 Å². The number of para-hydroxylation sites is 1. The number of rotatable bonds is 6. The molecule has 3 aromatic rings. The molecule has 0 radical (unpaired) electrons. The van der Waals surface area contributed by atoms with Crippen LogP contribution in [0.2, 0.25) is 5.02 Å². The number of amides is 2. The Bertz CT molecular complexity index is 1100. The highest BCUT2D eigenvalue weighted by Gasteiger charge is 2.22. The van der Waals surface area contributed by atoms with Crippen LogP contribution in [0.1, 0.15) is 28.6 Å². The quantitative estimate of drug-likeness (QED) is 0.578. The number of benzene rings is 2. The van der Waals surface area contributed by atoms with E-state index in [0.29, 0.717) is 21.7 Å². The Morgan fingerprint density at radius 1 is 1.10 bits per heavy atom. The van der Waals surface area contributed by atoms with E-state index >= 15 is 0 Å². The highest BCUT2D eigenvalue weighted by molar-refractivity contribution is 6.31. The van der Waals surface area contributed by atoms with Gasteiger partial charge >= 0.3 is 5.97 Å². The van der Waals surface area contributed by atoms with Crippen molar-refractivity contribution in [3.8, 4) is 0 Å². The van der Waals surface area contributed by atoms with Crippen LogP contribution in [0.5, 0.6) is 0 Å². The van der Waals surface area contributed by atoms with Gasteiger partial charge in [-0.05, 0) is 56.2 Å². The molecule has 2 amide bonds. The maximum atomic E-state index is 12.3. The van der Waals surface area contributed by atoms with Crippen molar-refractivity contribution in [2.45, 2.75) is 26.9 Å². The molecule has 2 N–H and O–H groups in total. The Labute approximate surface area is 178 Å². The van der Waals surface area contributed by atoms with Gasteiger partial charge in [0.2, 0.25) is 11.7 Å². The summed E-state index contributed by atoms with van der Waals surface area (Å²) in [4.78, 5) is 36.6. The molecule has 7 nitrogen and oxygen atoms in total. The molecule has 0 saturated heterocycles. The average molecular weight is 429 g/mol. The van der Waals surface area contributed by atoms with Crippen LogP contribution >= 0.6 is 11.6 Å². The number of hydrogen-bond donors (Lipinski definition) is 2. The molecule has 0 aliphatic heterocycles. The van der Waals surface area contributed by atoms with E-state index in [-0.39, 0.29) is 18.2 Å². The molecule has 1 aromatic heterocycles. The fourth-order valence-corrected chi connectivity index (χ4v) is 3.07. The summed E-state index contributed by atoms with van der Waals surface area (Å²) in [5.74, 6) is -1.81. The second-order valence-corrected chi connectivity index (χ2v) is 7.31. The molecule has 0 saturated carbocycles. The minimum Gasteiger partial charge on any atom is -0.449 e. The van der Waals surface area contributed by atoms with Crippen molar-refractivity contribution in [3.63, 3.8) is 0 Å². The Morgan fingerprint density at radius 2 is 1.80 bits per heavy atom. The first kappa shape index (κ1) is 21.4. The van der Waals surface area contributed by atoms with Crippen molar-refractivity contribution >= 4 is 46.0 Å². The van der Waals surface area contributed by atoms with Gasteiger partial charge in [0.1, 0.15) is 5.58 Å². The van der Waals surface area contributed by atoms with E-state index in [4.69, 9.17) is 20.8 Å². The van der Waals surface area contributed by atoms with Crippen LogP contribution in [0.25, 0.3) is 11.0 Å².